The van der Waals surface area contributed by atoms with Crippen molar-refractivity contribution in [2.24, 2.45) is 0 Å². The Bertz CT molecular complexity index is 370. The minimum absolute atomic E-state index is 0.0606. The first-order valence-electron chi connectivity index (χ1n) is 5.73. The molecule has 0 aromatic heterocycles. The summed E-state index contributed by atoms with van der Waals surface area (Å²) >= 11 is 0. The van der Waals surface area contributed by atoms with Crippen molar-refractivity contribution >= 4 is 0 Å². The van der Waals surface area contributed by atoms with Gasteiger partial charge in [0, 0.05) is 12.6 Å². The first kappa shape index (κ1) is 13.5. The molecule has 1 aromatic carbocycles. The minimum atomic E-state index is 0.0606. The van der Waals surface area contributed by atoms with Crippen LogP contribution in [0.25, 0.3) is 0 Å². The third-order valence-corrected chi connectivity index (χ3v) is 2.51. The summed E-state index contributed by atoms with van der Waals surface area (Å²) in [4.78, 5) is 0. The van der Waals surface area contributed by atoms with Crippen LogP contribution in [-0.4, -0.2) is 24.4 Å². The smallest absolute Gasteiger partial charge is 0.174 e. The fraction of sp³-hybridized carbons (Fsp3) is 0.462. The van der Waals surface area contributed by atoms with Crippen molar-refractivity contribution in [3.63, 3.8) is 0 Å². The zero-order chi connectivity index (χ0) is 12.5. The van der Waals surface area contributed by atoms with Gasteiger partial charge < -0.3 is 15.2 Å². The maximum atomic E-state index is 9.05. The molecular weight excluding hydrogens is 216 g/mol. The third-order valence-electron chi connectivity index (χ3n) is 2.51. The lowest BCUT2D eigenvalue weighted by Gasteiger charge is -2.14. The van der Waals surface area contributed by atoms with Crippen LogP contribution >= 0.6 is 0 Å². The fourth-order valence-electron chi connectivity index (χ4n) is 1.46. The van der Waals surface area contributed by atoms with Gasteiger partial charge in [-0.3, -0.25) is 0 Å². The average Bonchev–Trinajstić information content (AvgIpc) is 2.38. The zero-order valence-corrected chi connectivity index (χ0v) is 10.0. The molecule has 4 nitrogen and oxygen atoms in total. The van der Waals surface area contributed by atoms with Gasteiger partial charge in [0.15, 0.2) is 6.61 Å². The van der Waals surface area contributed by atoms with E-state index in [2.05, 4.69) is 5.32 Å². The van der Waals surface area contributed by atoms with Gasteiger partial charge in [0.2, 0.25) is 0 Å². The van der Waals surface area contributed by atoms with E-state index in [-0.39, 0.29) is 19.3 Å². The first-order valence-corrected chi connectivity index (χ1v) is 5.73. The summed E-state index contributed by atoms with van der Waals surface area (Å²) in [7, 11) is 0. The first-order chi connectivity index (χ1) is 8.30. The molecule has 0 aliphatic carbocycles. The number of benzene rings is 1. The Morgan fingerprint density at radius 3 is 3.00 bits per heavy atom. The zero-order valence-electron chi connectivity index (χ0n) is 10.0. The number of nitrogens with one attached hydrogen (secondary N) is 1. The summed E-state index contributed by atoms with van der Waals surface area (Å²) in [6, 6.07) is 9.65. The number of hydrogen-bond acceptors (Lipinski definition) is 4. The Hall–Kier alpha value is -1.57. The molecule has 92 valence electrons. The van der Waals surface area contributed by atoms with E-state index in [4.69, 9.17) is 15.1 Å². The highest BCUT2D eigenvalue weighted by atomic mass is 16.5. The maximum Gasteiger partial charge on any atom is 0.174 e. The normalized spacial score (nSPS) is 11.8. The second-order valence-corrected chi connectivity index (χ2v) is 3.76. The average molecular weight is 234 g/mol. The van der Waals surface area contributed by atoms with Crippen molar-refractivity contribution in [3.05, 3.63) is 29.8 Å². The summed E-state index contributed by atoms with van der Waals surface area (Å²) in [5, 5.41) is 20.7. The van der Waals surface area contributed by atoms with Gasteiger partial charge in [-0.05, 0) is 24.1 Å². The van der Waals surface area contributed by atoms with Crippen molar-refractivity contribution in [2.45, 2.75) is 25.9 Å². The van der Waals surface area contributed by atoms with Crippen LogP contribution in [0, 0.1) is 11.3 Å². The highest BCUT2D eigenvalue weighted by Crippen LogP contribution is 2.13. The molecular formula is C13H18N2O2. The molecule has 0 saturated heterocycles. The van der Waals surface area contributed by atoms with Crippen LogP contribution in [-0.2, 0) is 6.54 Å². The second kappa shape index (κ2) is 7.66. The quantitative estimate of drug-likeness (QED) is 0.749. The van der Waals surface area contributed by atoms with Crippen LogP contribution in [0.2, 0.25) is 0 Å². The van der Waals surface area contributed by atoms with Crippen LogP contribution in [0.5, 0.6) is 5.75 Å². The maximum absolute atomic E-state index is 9.05. The van der Waals surface area contributed by atoms with Crippen LogP contribution < -0.4 is 10.1 Å². The Labute approximate surface area is 102 Å². The number of hydrogen-bond donors (Lipinski definition) is 2. The van der Waals surface area contributed by atoms with Crippen LogP contribution in [0.3, 0.4) is 0 Å². The van der Waals surface area contributed by atoms with Crippen molar-refractivity contribution in [1.29, 1.82) is 5.26 Å². The number of ether oxygens (including phenoxy) is 1. The number of nitrogens with zero attached hydrogens (tertiary/aromatic N) is 1. The molecule has 0 aliphatic rings. The van der Waals surface area contributed by atoms with Gasteiger partial charge >= 0.3 is 0 Å². The van der Waals surface area contributed by atoms with Gasteiger partial charge in [0.05, 0.1) is 6.61 Å². The van der Waals surface area contributed by atoms with E-state index in [1.54, 1.807) is 0 Å². The molecule has 0 bridgehead atoms. The topological polar surface area (TPSA) is 65.3 Å². The summed E-state index contributed by atoms with van der Waals surface area (Å²) in [5.74, 6) is 0.697. The predicted octanol–water partition coefficient (Wildman–Crippen LogP) is 1.45. The van der Waals surface area contributed by atoms with Crippen LogP contribution in [0.15, 0.2) is 24.3 Å². The molecule has 0 amide bonds. The van der Waals surface area contributed by atoms with E-state index in [9.17, 15) is 0 Å². The minimum Gasteiger partial charge on any atom is -0.479 e. The van der Waals surface area contributed by atoms with Gasteiger partial charge in [-0.15, -0.1) is 0 Å². The summed E-state index contributed by atoms with van der Waals surface area (Å²) in [6.07, 6.45) is 0.890. The lowest BCUT2D eigenvalue weighted by atomic mass is 10.2. The summed E-state index contributed by atoms with van der Waals surface area (Å²) < 4.78 is 5.22. The molecule has 1 atom stereocenters. The largest absolute Gasteiger partial charge is 0.479 e. The van der Waals surface area contributed by atoms with Gasteiger partial charge in [-0.1, -0.05) is 19.1 Å². The highest BCUT2D eigenvalue weighted by Gasteiger charge is 2.03. The number of rotatable bonds is 7. The number of aliphatic hydroxyl groups excluding tert-OH is 1. The second-order valence-electron chi connectivity index (χ2n) is 3.76. The Morgan fingerprint density at radius 2 is 2.35 bits per heavy atom. The van der Waals surface area contributed by atoms with Gasteiger partial charge in [-0.25, -0.2) is 0 Å². The molecule has 0 radical (unpaired) electrons. The number of nitriles is 1. The molecule has 0 unspecified atom stereocenters. The predicted molar refractivity (Wildman–Crippen MR) is 65.6 cm³/mol. The van der Waals surface area contributed by atoms with E-state index in [0.717, 1.165) is 12.0 Å². The van der Waals surface area contributed by atoms with Crippen molar-refractivity contribution < 1.29 is 9.84 Å². The van der Waals surface area contributed by atoms with Crippen LogP contribution in [0.1, 0.15) is 18.9 Å². The van der Waals surface area contributed by atoms with Crippen molar-refractivity contribution in [2.75, 3.05) is 13.2 Å². The molecule has 4 heteroatoms. The lowest BCUT2D eigenvalue weighted by molar-refractivity contribution is 0.238. The Kier molecular flexibility index (Phi) is 6.08. The van der Waals surface area contributed by atoms with E-state index in [0.29, 0.717) is 12.3 Å². The van der Waals surface area contributed by atoms with Gasteiger partial charge in [0.1, 0.15) is 11.8 Å². The van der Waals surface area contributed by atoms with Gasteiger partial charge in [0.25, 0.3) is 0 Å². The molecule has 17 heavy (non-hydrogen) atoms. The summed E-state index contributed by atoms with van der Waals surface area (Å²) in [5.41, 5.74) is 1.08. The van der Waals surface area contributed by atoms with Crippen molar-refractivity contribution in [3.8, 4) is 11.8 Å². The SMILES string of the molecule is CC[C@H](CO)NCc1cccc(OCC#N)c1. The number of aliphatic hydroxyl groups is 1. The molecule has 2 N–H and O–H groups in total. The Balaban J connectivity index is 2.51. The lowest BCUT2D eigenvalue weighted by Crippen LogP contribution is -2.31. The van der Waals surface area contributed by atoms with Gasteiger partial charge in [-0.2, -0.15) is 5.26 Å². The molecule has 0 spiro atoms. The van der Waals surface area contributed by atoms with E-state index < -0.39 is 0 Å². The van der Waals surface area contributed by atoms with Crippen LogP contribution in [0.4, 0.5) is 0 Å². The monoisotopic (exact) mass is 234 g/mol. The van der Waals surface area contributed by atoms with E-state index in [1.807, 2.05) is 37.3 Å². The van der Waals surface area contributed by atoms with Crippen molar-refractivity contribution in [1.82, 2.24) is 5.32 Å². The molecule has 0 fully saturated rings. The fourth-order valence-corrected chi connectivity index (χ4v) is 1.46. The molecule has 0 saturated carbocycles. The standard InChI is InChI=1S/C13H18N2O2/c1-2-12(10-16)15-9-11-4-3-5-13(8-11)17-7-6-14/h3-5,8,12,15-16H,2,7,9-10H2,1H3/t12-/m1/s1. The van der Waals surface area contributed by atoms with E-state index >= 15 is 0 Å². The third kappa shape index (κ3) is 4.85. The Morgan fingerprint density at radius 1 is 1.53 bits per heavy atom. The molecule has 0 heterocycles. The summed E-state index contributed by atoms with van der Waals surface area (Å²) in [6.45, 7) is 2.91. The molecule has 0 aliphatic heterocycles. The van der Waals surface area contributed by atoms with E-state index in [1.165, 1.54) is 0 Å². The molecule has 1 aromatic rings. The highest BCUT2D eigenvalue weighted by molar-refractivity contribution is 5.28. The molecule has 1 rings (SSSR count).